The van der Waals surface area contributed by atoms with E-state index in [0.717, 1.165) is 25.6 Å². The summed E-state index contributed by atoms with van der Waals surface area (Å²) in [6.45, 7) is 7.54. The molecule has 1 heterocycles. The van der Waals surface area contributed by atoms with Crippen LogP contribution in [0.2, 0.25) is 0 Å². The van der Waals surface area contributed by atoms with Crippen molar-refractivity contribution in [2.75, 3.05) is 38.0 Å². The molecule has 0 aliphatic carbocycles. The van der Waals surface area contributed by atoms with Crippen molar-refractivity contribution in [3.8, 4) is 0 Å². The van der Waals surface area contributed by atoms with Crippen LogP contribution >= 0.6 is 0 Å². The monoisotopic (exact) mass is 247 g/mol. The van der Waals surface area contributed by atoms with Gasteiger partial charge in [0.1, 0.15) is 0 Å². The summed E-state index contributed by atoms with van der Waals surface area (Å²) in [5.74, 6) is 0.756. The van der Waals surface area contributed by atoms with Gasteiger partial charge in [0.15, 0.2) is 0 Å². The summed E-state index contributed by atoms with van der Waals surface area (Å²) in [6.07, 6.45) is 2.53. The van der Waals surface area contributed by atoms with E-state index in [1.54, 1.807) is 0 Å². The lowest BCUT2D eigenvalue weighted by molar-refractivity contribution is 0.193. The SMILES string of the molecule is Cc1ccc(NCCN2CCC(CN)CC2)cc1. The molecular weight excluding hydrogens is 222 g/mol. The molecule has 18 heavy (non-hydrogen) atoms. The number of hydrogen-bond acceptors (Lipinski definition) is 3. The van der Waals surface area contributed by atoms with Gasteiger partial charge < -0.3 is 16.0 Å². The second-order valence-electron chi connectivity index (χ2n) is 5.31. The lowest BCUT2D eigenvalue weighted by atomic mass is 9.97. The largest absolute Gasteiger partial charge is 0.384 e. The minimum Gasteiger partial charge on any atom is -0.384 e. The number of rotatable bonds is 5. The summed E-state index contributed by atoms with van der Waals surface area (Å²) in [4.78, 5) is 2.54. The maximum atomic E-state index is 5.71. The van der Waals surface area contributed by atoms with Crippen molar-refractivity contribution in [1.82, 2.24) is 4.90 Å². The molecule has 0 aromatic heterocycles. The molecule has 0 radical (unpaired) electrons. The number of aryl methyl sites for hydroxylation is 1. The highest BCUT2D eigenvalue weighted by molar-refractivity contribution is 5.44. The highest BCUT2D eigenvalue weighted by atomic mass is 15.1. The number of nitrogens with two attached hydrogens (primary N) is 1. The van der Waals surface area contributed by atoms with Crippen molar-refractivity contribution >= 4 is 5.69 Å². The Morgan fingerprint density at radius 2 is 1.89 bits per heavy atom. The fraction of sp³-hybridized carbons (Fsp3) is 0.600. The highest BCUT2D eigenvalue weighted by Crippen LogP contribution is 2.15. The zero-order valence-corrected chi connectivity index (χ0v) is 11.4. The van der Waals surface area contributed by atoms with Gasteiger partial charge in [0, 0.05) is 18.8 Å². The standard InChI is InChI=1S/C15H25N3/c1-13-2-4-15(5-3-13)17-8-11-18-9-6-14(12-16)7-10-18/h2-5,14,17H,6-12,16H2,1H3. The highest BCUT2D eigenvalue weighted by Gasteiger charge is 2.17. The molecule has 3 N–H and O–H groups in total. The predicted octanol–water partition coefficient (Wildman–Crippen LogP) is 2.08. The summed E-state index contributed by atoms with van der Waals surface area (Å²) in [5, 5.41) is 3.48. The van der Waals surface area contributed by atoms with Crippen molar-refractivity contribution in [3.63, 3.8) is 0 Å². The lowest BCUT2D eigenvalue weighted by Crippen LogP contribution is -2.38. The molecule has 100 valence electrons. The molecule has 1 fully saturated rings. The number of likely N-dealkylation sites (tertiary alicyclic amines) is 1. The molecule has 1 aromatic rings. The quantitative estimate of drug-likeness (QED) is 0.837. The number of benzene rings is 1. The number of nitrogens with zero attached hydrogens (tertiary/aromatic N) is 1. The Labute approximate surface area is 110 Å². The van der Waals surface area contributed by atoms with Crippen molar-refractivity contribution < 1.29 is 0 Å². The van der Waals surface area contributed by atoms with Crippen LogP contribution in [0.5, 0.6) is 0 Å². The van der Waals surface area contributed by atoms with Gasteiger partial charge in [0.2, 0.25) is 0 Å². The molecule has 1 aliphatic heterocycles. The van der Waals surface area contributed by atoms with E-state index >= 15 is 0 Å². The molecule has 3 nitrogen and oxygen atoms in total. The number of piperidine rings is 1. The van der Waals surface area contributed by atoms with Crippen LogP contribution in [0.3, 0.4) is 0 Å². The molecule has 0 amide bonds. The van der Waals surface area contributed by atoms with E-state index in [0.29, 0.717) is 0 Å². The molecule has 0 unspecified atom stereocenters. The fourth-order valence-electron chi connectivity index (χ4n) is 2.48. The van der Waals surface area contributed by atoms with Gasteiger partial charge in [0.05, 0.1) is 0 Å². The third kappa shape index (κ3) is 4.00. The average molecular weight is 247 g/mol. The molecule has 3 heteroatoms. The molecular formula is C15H25N3. The first-order valence-corrected chi connectivity index (χ1v) is 7.01. The van der Waals surface area contributed by atoms with E-state index in [9.17, 15) is 0 Å². The summed E-state index contributed by atoms with van der Waals surface area (Å²) >= 11 is 0. The maximum Gasteiger partial charge on any atom is 0.0340 e. The first-order chi connectivity index (χ1) is 8.78. The van der Waals surface area contributed by atoms with Crippen LogP contribution in [0.1, 0.15) is 18.4 Å². The van der Waals surface area contributed by atoms with Crippen LogP contribution in [-0.2, 0) is 0 Å². The Hall–Kier alpha value is -1.06. The van der Waals surface area contributed by atoms with E-state index in [2.05, 4.69) is 41.4 Å². The van der Waals surface area contributed by atoms with Crippen LogP contribution in [0.15, 0.2) is 24.3 Å². The van der Waals surface area contributed by atoms with Crippen molar-refractivity contribution in [3.05, 3.63) is 29.8 Å². The summed E-state index contributed by atoms with van der Waals surface area (Å²) in [5.41, 5.74) is 8.24. The number of hydrogen-bond donors (Lipinski definition) is 2. The normalized spacial score (nSPS) is 17.9. The smallest absolute Gasteiger partial charge is 0.0340 e. The van der Waals surface area contributed by atoms with Gasteiger partial charge >= 0.3 is 0 Å². The van der Waals surface area contributed by atoms with Crippen molar-refractivity contribution in [1.29, 1.82) is 0 Å². The van der Waals surface area contributed by atoms with Crippen molar-refractivity contribution in [2.45, 2.75) is 19.8 Å². The van der Waals surface area contributed by atoms with Crippen LogP contribution in [0.25, 0.3) is 0 Å². The Kier molecular flexibility index (Phi) is 5.02. The molecule has 2 rings (SSSR count). The van der Waals surface area contributed by atoms with E-state index in [1.807, 2.05) is 0 Å². The van der Waals surface area contributed by atoms with Crippen molar-refractivity contribution in [2.24, 2.45) is 11.7 Å². The Balaban J connectivity index is 1.65. The molecule has 0 saturated carbocycles. The first-order valence-electron chi connectivity index (χ1n) is 7.01. The zero-order valence-electron chi connectivity index (χ0n) is 11.4. The van der Waals surface area contributed by atoms with E-state index in [-0.39, 0.29) is 0 Å². The third-order valence-corrected chi connectivity index (χ3v) is 3.85. The van der Waals surface area contributed by atoms with Gasteiger partial charge in [-0.2, -0.15) is 0 Å². The first kappa shape index (κ1) is 13.4. The molecule has 1 saturated heterocycles. The van der Waals surface area contributed by atoms with Gasteiger partial charge in [-0.1, -0.05) is 17.7 Å². The molecule has 1 aromatic carbocycles. The third-order valence-electron chi connectivity index (χ3n) is 3.85. The van der Waals surface area contributed by atoms with E-state index in [4.69, 9.17) is 5.73 Å². The van der Waals surface area contributed by atoms with E-state index < -0.39 is 0 Å². The van der Waals surface area contributed by atoms with Gasteiger partial charge in [-0.25, -0.2) is 0 Å². The van der Waals surface area contributed by atoms with Crippen LogP contribution in [0.4, 0.5) is 5.69 Å². The molecule has 0 spiro atoms. The average Bonchev–Trinajstić information content (AvgIpc) is 2.42. The second kappa shape index (κ2) is 6.76. The molecule has 0 bridgehead atoms. The fourth-order valence-corrected chi connectivity index (χ4v) is 2.48. The predicted molar refractivity (Wildman–Crippen MR) is 77.9 cm³/mol. The minimum absolute atomic E-state index is 0.756. The summed E-state index contributed by atoms with van der Waals surface area (Å²) in [6, 6.07) is 8.59. The summed E-state index contributed by atoms with van der Waals surface area (Å²) in [7, 11) is 0. The second-order valence-corrected chi connectivity index (χ2v) is 5.31. The molecule has 0 atom stereocenters. The lowest BCUT2D eigenvalue weighted by Gasteiger charge is -2.31. The van der Waals surface area contributed by atoms with Gasteiger partial charge in [0.25, 0.3) is 0 Å². The zero-order chi connectivity index (χ0) is 12.8. The van der Waals surface area contributed by atoms with Crippen LogP contribution < -0.4 is 11.1 Å². The number of anilines is 1. The molecule has 1 aliphatic rings. The van der Waals surface area contributed by atoms with Crippen LogP contribution in [0, 0.1) is 12.8 Å². The number of nitrogens with one attached hydrogen (secondary N) is 1. The van der Waals surface area contributed by atoms with E-state index in [1.165, 1.54) is 37.2 Å². The van der Waals surface area contributed by atoms with Gasteiger partial charge in [-0.05, 0) is 57.5 Å². The summed E-state index contributed by atoms with van der Waals surface area (Å²) < 4.78 is 0. The van der Waals surface area contributed by atoms with Gasteiger partial charge in [-0.15, -0.1) is 0 Å². The Bertz CT molecular complexity index is 339. The topological polar surface area (TPSA) is 41.3 Å². The minimum atomic E-state index is 0.756. The van der Waals surface area contributed by atoms with Crippen LogP contribution in [-0.4, -0.2) is 37.6 Å². The van der Waals surface area contributed by atoms with Gasteiger partial charge in [-0.3, -0.25) is 0 Å². The Morgan fingerprint density at radius 3 is 2.50 bits per heavy atom. The Morgan fingerprint density at radius 1 is 1.22 bits per heavy atom. The maximum absolute atomic E-state index is 5.71.